The van der Waals surface area contributed by atoms with Gasteiger partial charge in [-0.15, -0.1) is 0 Å². The van der Waals surface area contributed by atoms with Crippen LogP contribution in [0.3, 0.4) is 0 Å². The zero-order chi connectivity index (χ0) is 14.0. The number of aromatic nitrogens is 1. The molecule has 0 aliphatic rings. The number of nitrogens with zero attached hydrogens (tertiary/aromatic N) is 1. The fourth-order valence-corrected chi connectivity index (χ4v) is 2.34. The lowest BCUT2D eigenvalue weighted by Crippen LogP contribution is -2.14. The van der Waals surface area contributed by atoms with E-state index in [0.717, 1.165) is 6.07 Å². The molecule has 2 rings (SSSR count). The van der Waals surface area contributed by atoms with Crippen LogP contribution in [-0.4, -0.2) is 10.9 Å². The van der Waals surface area contributed by atoms with Gasteiger partial charge in [0.25, 0.3) is 5.91 Å². The first-order chi connectivity index (χ1) is 8.99. The van der Waals surface area contributed by atoms with E-state index in [2.05, 4.69) is 42.2 Å². The first kappa shape index (κ1) is 14.1. The number of hydrogen-bond acceptors (Lipinski definition) is 2. The minimum Gasteiger partial charge on any atom is -0.318 e. The van der Waals surface area contributed by atoms with E-state index in [1.807, 2.05) is 0 Å². The third-order valence-electron chi connectivity index (χ3n) is 2.25. The Balaban J connectivity index is 2.32. The van der Waals surface area contributed by atoms with Gasteiger partial charge in [0, 0.05) is 16.7 Å². The molecule has 0 bridgehead atoms. The molecule has 1 aromatic heterocycles. The summed E-state index contributed by atoms with van der Waals surface area (Å²) in [5.41, 5.74) is 0.125. The molecule has 2 aromatic rings. The Morgan fingerprint density at radius 1 is 1.26 bits per heavy atom. The molecule has 0 radical (unpaired) electrons. The van der Waals surface area contributed by atoms with E-state index in [0.29, 0.717) is 10.7 Å². The van der Waals surface area contributed by atoms with Gasteiger partial charge < -0.3 is 5.32 Å². The Kier molecular flexibility index (Phi) is 4.26. The summed E-state index contributed by atoms with van der Waals surface area (Å²) in [5, 5.41) is 2.37. The predicted octanol–water partition coefficient (Wildman–Crippen LogP) is 4.14. The second-order valence-electron chi connectivity index (χ2n) is 3.54. The molecule has 0 fully saturated rings. The Hall–Kier alpha value is -1.34. The number of halogens is 4. The lowest BCUT2D eigenvalue weighted by molar-refractivity contribution is 0.102. The highest BCUT2D eigenvalue weighted by Crippen LogP contribution is 2.27. The molecule has 0 aliphatic heterocycles. The van der Waals surface area contributed by atoms with Gasteiger partial charge in [-0.3, -0.25) is 4.79 Å². The predicted molar refractivity (Wildman–Crippen MR) is 73.9 cm³/mol. The maximum Gasteiger partial charge on any atom is 0.258 e. The molecule has 0 atom stereocenters. The number of pyridine rings is 1. The highest BCUT2D eigenvalue weighted by Gasteiger charge is 2.16. The van der Waals surface area contributed by atoms with Crippen molar-refractivity contribution >= 4 is 43.5 Å². The average molecular weight is 392 g/mol. The lowest BCUT2D eigenvalue weighted by Gasteiger charge is -2.09. The smallest absolute Gasteiger partial charge is 0.258 e. The Morgan fingerprint density at radius 3 is 2.63 bits per heavy atom. The summed E-state index contributed by atoms with van der Waals surface area (Å²) in [6.45, 7) is 0. The molecule has 0 saturated carbocycles. The largest absolute Gasteiger partial charge is 0.318 e. The van der Waals surface area contributed by atoms with Crippen molar-refractivity contribution in [3.05, 3.63) is 56.7 Å². The molecule has 19 heavy (non-hydrogen) atoms. The van der Waals surface area contributed by atoms with E-state index in [1.165, 1.54) is 12.3 Å². The number of hydrogen-bond donors (Lipinski definition) is 1. The molecule has 0 saturated heterocycles. The van der Waals surface area contributed by atoms with Gasteiger partial charge in [-0.1, -0.05) is 0 Å². The minimum atomic E-state index is -0.861. The van der Waals surface area contributed by atoms with Gasteiger partial charge >= 0.3 is 0 Å². The second kappa shape index (κ2) is 5.75. The summed E-state index contributed by atoms with van der Waals surface area (Å²) in [5.74, 6) is -2.14. The highest BCUT2D eigenvalue weighted by atomic mass is 79.9. The summed E-state index contributed by atoms with van der Waals surface area (Å²) < 4.78 is 27.0. The first-order valence-corrected chi connectivity index (χ1v) is 6.64. The normalized spacial score (nSPS) is 10.3. The number of nitrogens with one attached hydrogen (secondary N) is 1. The van der Waals surface area contributed by atoms with Crippen molar-refractivity contribution in [3.63, 3.8) is 0 Å². The van der Waals surface area contributed by atoms with Crippen LogP contribution < -0.4 is 5.32 Å². The van der Waals surface area contributed by atoms with Gasteiger partial charge in [0.05, 0.1) is 11.3 Å². The van der Waals surface area contributed by atoms with Crippen LogP contribution in [0.15, 0.2) is 39.5 Å². The van der Waals surface area contributed by atoms with Gasteiger partial charge in [0.1, 0.15) is 10.4 Å². The Bertz CT molecular complexity index is 626. The van der Waals surface area contributed by atoms with Crippen molar-refractivity contribution in [2.45, 2.75) is 0 Å². The molecular formula is C12H6Br2F2N2O. The Morgan fingerprint density at radius 2 is 2.00 bits per heavy atom. The third kappa shape index (κ3) is 3.16. The number of amides is 1. The van der Waals surface area contributed by atoms with Crippen LogP contribution >= 0.6 is 31.9 Å². The molecule has 0 aliphatic carbocycles. The number of anilines is 1. The monoisotopic (exact) mass is 390 g/mol. The van der Waals surface area contributed by atoms with Crippen molar-refractivity contribution in [3.8, 4) is 0 Å². The fraction of sp³-hybridized carbons (Fsp3) is 0. The molecule has 7 heteroatoms. The van der Waals surface area contributed by atoms with E-state index in [4.69, 9.17) is 0 Å². The fourth-order valence-electron chi connectivity index (χ4n) is 1.40. The van der Waals surface area contributed by atoms with E-state index < -0.39 is 17.5 Å². The van der Waals surface area contributed by atoms with Crippen LogP contribution in [0.4, 0.5) is 14.5 Å². The maximum atomic E-state index is 13.6. The number of rotatable bonds is 2. The topological polar surface area (TPSA) is 42.0 Å². The number of carbonyl (C=O) groups is 1. The van der Waals surface area contributed by atoms with E-state index in [9.17, 15) is 13.6 Å². The molecule has 98 valence electrons. The van der Waals surface area contributed by atoms with Crippen molar-refractivity contribution in [2.24, 2.45) is 0 Å². The molecule has 0 unspecified atom stereocenters. The molecule has 1 N–H and O–H groups in total. The standard InChI is InChI=1S/C12H6Br2F2N2O/c13-8-4-6(15)5-9(16)10(8)18-12(19)7-2-1-3-17-11(7)14/h1-5H,(H,18,19). The molecule has 1 amide bonds. The second-order valence-corrected chi connectivity index (χ2v) is 5.15. The first-order valence-electron chi connectivity index (χ1n) is 5.05. The summed E-state index contributed by atoms with van der Waals surface area (Å²) in [6.07, 6.45) is 1.51. The van der Waals surface area contributed by atoms with E-state index in [1.54, 1.807) is 6.07 Å². The molecule has 1 heterocycles. The SMILES string of the molecule is O=C(Nc1c(F)cc(F)cc1Br)c1cccnc1Br. The molecule has 3 nitrogen and oxygen atoms in total. The van der Waals surface area contributed by atoms with Gasteiger partial charge in [-0.25, -0.2) is 13.8 Å². The van der Waals surface area contributed by atoms with Crippen molar-refractivity contribution < 1.29 is 13.6 Å². The van der Waals surface area contributed by atoms with Crippen LogP contribution in [0.2, 0.25) is 0 Å². The van der Waals surface area contributed by atoms with Crippen molar-refractivity contribution in [1.82, 2.24) is 4.98 Å². The average Bonchev–Trinajstić information content (AvgIpc) is 2.34. The molecule has 0 spiro atoms. The molecular weight excluding hydrogens is 386 g/mol. The maximum absolute atomic E-state index is 13.6. The van der Waals surface area contributed by atoms with E-state index in [-0.39, 0.29) is 15.7 Å². The highest BCUT2D eigenvalue weighted by molar-refractivity contribution is 9.10. The lowest BCUT2D eigenvalue weighted by atomic mass is 10.2. The zero-order valence-corrected chi connectivity index (χ0v) is 12.4. The summed E-state index contributed by atoms with van der Waals surface area (Å²) in [6, 6.07) is 4.87. The number of benzene rings is 1. The summed E-state index contributed by atoms with van der Waals surface area (Å²) in [4.78, 5) is 15.9. The van der Waals surface area contributed by atoms with Crippen molar-refractivity contribution in [1.29, 1.82) is 0 Å². The quantitative estimate of drug-likeness (QED) is 0.782. The zero-order valence-electron chi connectivity index (χ0n) is 9.25. The number of carbonyl (C=O) groups excluding carboxylic acids is 1. The molecule has 1 aromatic carbocycles. The van der Waals surface area contributed by atoms with Gasteiger partial charge in [-0.2, -0.15) is 0 Å². The van der Waals surface area contributed by atoms with Gasteiger partial charge in [-0.05, 0) is 50.1 Å². The van der Waals surface area contributed by atoms with Crippen LogP contribution in [0, 0.1) is 11.6 Å². The minimum absolute atomic E-state index is 0.123. The van der Waals surface area contributed by atoms with Gasteiger partial charge in [0.2, 0.25) is 0 Å². The van der Waals surface area contributed by atoms with E-state index >= 15 is 0 Å². The van der Waals surface area contributed by atoms with Crippen molar-refractivity contribution in [2.75, 3.05) is 5.32 Å². The van der Waals surface area contributed by atoms with Crippen LogP contribution in [0.25, 0.3) is 0 Å². The van der Waals surface area contributed by atoms with Crippen LogP contribution in [-0.2, 0) is 0 Å². The van der Waals surface area contributed by atoms with Gasteiger partial charge in [0.15, 0.2) is 5.82 Å². The third-order valence-corrected chi connectivity index (χ3v) is 3.51. The summed E-state index contributed by atoms with van der Waals surface area (Å²) in [7, 11) is 0. The summed E-state index contributed by atoms with van der Waals surface area (Å²) >= 11 is 6.12. The van der Waals surface area contributed by atoms with Crippen LogP contribution in [0.1, 0.15) is 10.4 Å². The Labute approximate surface area is 124 Å². The van der Waals surface area contributed by atoms with Crippen LogP contribution in [0.5, 0.6) is 0 Å².